The van der Waals surface area contributed by atoms with Gasteiger partial charge in [0.2, 0.25) is 5.91 Å². The van der Waals surface area contributed by atoms with Crippen molar-refractivity contribution in [3.63, 3.8) is 0 Å². The van der Waals surface area contributed by atoms with Crippen LogP contribution >= 0.6 is 22.7 Å². The molecule has 1 atom stereocenters. The van der Waals surface area contributed by atoms with Crippen LogP contribution in [0.2, 0.25) is 0 Å². The fourth-order valence-electron chi connectivity index (χ4n) is 4.27. The number of hydrogen-bond donors (Lipinski definition) is 0. The highest BCUT2D eigenvalue weighted by atomic mass is 32.1. The Hall–Kier alpha value is -2.62. The third-order valence-corrected chi connectivity index (χ3v) is 7.44. The van der Waals surface area contributed by atoms with Crippen LogP contribution in [0.15, 0.2) is 41.2 Å². The summed E-state index contributed by atoms with van der Waals surface area (Å²) >= 11 is 3.01. The monoisotopic (exact) mass is 453 g/mol. The Bertz CT molecular complexity index is 1090. The minimum absolute atomic E-state index is 0.00728. The molecule has 1 unspecified atom stereocenters. The van der Waals surface area contributed by atoms with Crippen molar-refractivity contribution in [2.75, 3.05) is 37.6 Å². The summed E-state index contributed by atoms with van der Waals surface area (Å²) in [7, 11) is 0. The highest BCUT2D eigenvalue weighted by molar-refractivity contribution is 7.11. The molecule has 0 saturated carbocycles. The lowest BCUT2D eigenvalue weighted by molar-refractivity contribution is -0.117. The summed E-state index contributed by atoms with van der Waals surface area (Å²) in [6.45, 7) is 5.57. The lowest BCUT2D eigenvalue weighted by Crippen LogP contribution is -2.52. The molecule has 2 aliphatic heterocycles. The smallest absolute Gasteiger partial charge is 0.282 e. The first-order valence-electron chi connectivity index (χ1n) is 10.3. The minimum Gasteiger partial charge on any atom is -0.334 e. The number of carbonyl (C=O) groups is 2. The molecule has 9 heteroatoms. The first kappa shape index (κ1) is 20.3. The summed E-state index contributed by atoms with van der Waals surface area (Å²) in [5.41, 5.74) is 2.91. The van der Waals surface area contributed by atoms with E-state index in [4.69, 9.17) is 0 Å². The summed E-state index contributed by atoms with van der Waals surface area (Å²) in [6, 6.07) is 8.25. The summed E-state index contributed by atoms with van der Waals surface area (Å²) < 4.78 is 0. The lowest BCUT2D eigenvalue weighted by atomic mass is 10.1. The van der Waals surface area contributed by atoms with E-state index in [1.54, 1.807) is 17.5 Å². The molecule has 1 aromatic carbocycles. The third kappa shape index (κ3) is 4.13. The molecule has 0 N–H and O–H groups in total. The molecule has 160 valence electrons. The van der Waals surface area contributed by atoms with Crippen LogP contribution in [0.25, 0.3) is 11.3 Å². The van der Waals surface area contributed by atoms with Crippen LogP contribution in [0.4, 0.5) is 5.69 Å². The summed E-state index contributed by atoms with van der Waals surface area (Å²) in [5.74, 6) is 0.158. The van der Waals surface area contributed by atoms with E-state index in [1.807, 2.05) is 40.3 Å². The van der Waals surface area contributed by atoms with Crippen molar-refractivity contribution in [3.05, 3.63) is 51.2 Å². The topological polar surface area (TPSA) is 69.6 Å². The second-order valence-electron chi connectivity index (χ2n) is 7.83. The van der Waals surface area contributed by atoms with Gasteiger partial charge in [0.15, 0.2) is 5.01 Å². The van der Waals surface area contributed by atoms with Crippen molar-refractivity contribution in [2.45, 2.75) is 19.4 Å². The predicted octanol–water partition coefficient (Wildman–Crippen LogP) is 3.14. The standard InChI is InChI=1S/C22H23N5O2S2/c1-15-24-19(14-31-15)16-3-2-4-17(11-16)27-13-18(12-20(27)28)25-6-8-26(9-7-25)22(29)21-23-5-10-30-21/h2-5,10-11,14,18H,6-9,12-13H2,1H3. The van der Waals surface area contributed by atoms with Crippen molar-refractivity contribution in [1.82, 2.24) is 19.8 Å². The zero-order valence-electron chi connectivity index (χ0n) is 17.2. The highest BCUT2D eigenvalue weighted by Gasteiger charge is 2.36. The Morgan fingerprint density at radius 1 is 1.16 bits per heavy atom. The SMILES string of the molecule is Cc1nc(-c2cccc(N3CC(N4CCN(C(=O)c5nccs5)CC4)CC3=O)c2)cs1. The average Bonchev–Trinajstić information content (AvgIpc) is 3.55. The molecule has 4 heterocycles. The van der Waals surface area contributed by atoms with Gasteiger partial charge in [-0.05, 0) is 19.1 Å². The van der Waals surface area contributed by atoms with Crippen molar-refractivity contribution in [3.8, 4) is 11.3 Å². The Balaban J connectivity index is 1.23. The number of benzene rings is 1. The number of piperazine rings is 1. The molecule has 31 heavy (non-hydrogen) atoms. The maximum absolute atomic E-state index is 12.8. The van der Waals surface area contributed by atoms with Gasteiger partial charge < -0.3 is 9.80 Å². The molecule has 0 aliphatic carbocycles. The number of nitrogens with zero attached hydrogens (tertiary/aromatic N) is 5. The average molecular weight is 454 g/mol. The van der Waals surface area contributed by atoms with Crippen LogP contribution in [0.3, 0.4) is 0 Å². The molecule has 2 amide bonds. The van der Waals surface area contributed by atoms with Crippen LogP contribution in [0, 0.1) is 6.92 Å². The molecule has 0 radical (unpaired) electrons. The molecule has 7 nitrogen and oxygen atoms in total. The Morgan fingerprint density at radius 2 is 2.00 bits per heavy atom. The molecule has 0 spiro atoms. The summed E-state index contributed by atoms with van der Waals surface area (Å²) in [5, 5.41) is 5.46. The van der Waals surface area contributed by atoms with E-state index in [1.165, 1.54) is 11.3 Å². The summed E-state index contributed by atoms with van der Waals surface area (Å²) in [6.07, 6.45) is 2.18. The van der Waals surface area contributed by atoms with E-state index in [-0.39, 0.29) is 17.9 Å². The number of aryl methyl sites for hydroxylation is 1. The van der Waals surface area contributed by atoms with Crippen LogP contribution in [0.5, 0.6) is 0 Å². The van der Waals surface area contributed by atoms with E-state index in [9.17, 15) is 9.59 Å². The largest absolute Gasteiger partial charge is 0.334 e. The number of rotatable bonds is 4. The van der Waals surface area contributed by atoms with E-state index < -0.39 is 0 Å². The fraction of sp³-hybridized carbons (Fsp3) is 0.364. The van der Waals surface area contributed by atoms with Crippen molar-refractivity contribution < 1.29 is 9.59 Å². The van der Waals surface area contributed by atoms with Gasteiger partial charge >= 0.3 is 0 Å². The second-order valence-corrected chi connectivity index (χ2v) is 9.79. The minimum atomic E-state index is 0.00728. The molecular formula is C22H23N5O2S2. The molecule has 2 aliphatic rings. The number of carbonyl (C=O) groups excluding carboxylic acids is 2. The maximum Gasteiger partial charge on any atom is 0.282 e. The number of thiazole rings is 2. The molecular weight excluding hydrogens is 430 g/mol. The van der Waals surface area contributed by atoms with Crippen molar-refractivity contribution in [1.29, 1.82) is 0 Å². The second kappa shape index (κ2) is 8.49. The molecule has 2 aromatic heterocycles. The third-order valence-electron chi connectivity index (χ3n) is 5.91. The molecule has 0 bridgehead atoms. The number of hydrogen-bond acceptors (Lipinski definition) is 7. The zero-order valence-corrected chi connectivity index (χ0v) is 18.9. The summed E-state index contributed by atoms with van der Waals surface area (Å²) in [4.78, 5) is 40.1. The van der Waals surface area contributed by atoms with E-state index in [0.29, 0.717) is 31.1 Å². The highest BCUT2D eigenvalue weighted by Crippen LogP contribution is 2.30. The first-order valence-corrected chi connectivity index (χ1v) is 12.1. The van der Waals surface area contributed by atoms with Gasteiger partial charge in [-0.2, -0.15) is 0 Å². The van der Waals surface area contributed by atoms with Crippen LogP contribution in [-0.2, 0) is 4.79 Å². The van der Waals surface area contributed by atoms with Gasteiger partial charge in [0.1, 0.15) is 0 Å². The molecule has 2 saturated heterocycles. The Labute approximate surface area is 189 Å². The van der Waals surface area contributed by atoms with Crippen LogP contribution in [0.1, 0.15) is 21.2 Å². The van der Waals surface area contributed by atoms with Crippen molar-refractivity contribution in [2.24, 2.45) is 0 Å². The van der Waals surface area contributed by atoms with Gasteiger partial charge in [-0.15, -0.1) is 22.7 Å². The van der Waals surface area contributed by atoms with Gasteiger partial charge in [-0.1, -0.05) is 12.1 Å². The maximum atomic E-state index is 12.8. The molecule has 3 aromatic rings. The van der Waals surface area contributed by atoms with Crippen LogP contribution in [-0.4, -0.2) is 70.3 Å². The number of amides is 2. The zero-order chi connectivity index (χ0) is 21.4. The van der Waals surface area contributed by atoms with Crippen LogP contribution < -0.4 is 4.90 Å². The quantitative estimate of drug-likeness (QED) is 0.607. The Morgan fingerprint density at radius 3 is 2.71 bits per heavy atom. The van der Waals surface area contributed by atoms with E-state index in [0.717, 1.165) is 35.0 Å². The Kier molecular flexibility index (Phi) is 5.56. The number of aromatic nitrogens is 2. The van der Waals surface area contributed by atoms with Gasteiger partial charge in [-0.3, -0.25) is 14.5 Å². The van der Waals surface area contributed by atoms with Crippen molar-refractivity contribution >= 4 is 40.2 Å². The fourth-order valence-corrected chi connectivity index (χ4v) is 5.49. The predicted molar refractivity (Wildman–Crippen MR) is 123 cm³/mol. The number of anilines is 1. The molecule has 2 fully saturated rings. The lowest BCUT2D eigenvalue weighted by Gasteiger charge is -2.37. The van der Waals surface area contributed by atoms with Gasteiger partial charge in [0, 0.05) is 73.4 Å². The van der Waals surface area contributed by atoms with E-state index >= 15 is 0 Å². The molecule has 5 rings (SSSR count). The van der Waals surface area contributed by atoms with Gasteiger partial charge in [0.05, 0.1) is 10.7 Å². The normalized spacial score (nSPS) is 19.9. The van der Waals surface area contributed by atoms with E-state index in [2.05, 4.69) is 26.3 Å². The van der Waals surface area contributed by atoms with Gasteiger partial charge in [-0.25, -0.2) is 9.97 Å². The van der Waals surface area contributed by atoms with Gasteiger partial charge in [0.25, 0.3) is 5.91 Å². The first-order chi connectivity index (χ1) is 15.1.